The summed E-state index contributed by atoms with van der Waals surface area (Å²) in [5.41, 5.74) is 5.81. The molecule has 3 nitrogen and oxygen atoms in total. The Labute approximate surface area is 119 Å². The molecule has 2 aliphatic rings. The summed E-state index contributed by atoms with van der Waals surface area (Å²) in [6.45, 7) is 0.0960. The van der Waals surface area contributed by atoms with Gasteiger partial charge in [-0.05, 0) is 38.0 Å². The molecule has 0 aromatic rings. The van der Waals surface area contributed by atoms with Crippen molar-refractivity contribution < 1.29 is 13.6 Å². The van der Waals surface area contributed by atoms with Gasteiger partial charge in [-0.1, -0.05) is 0 Å². The van der Waals surface area contributed by atoms with Crippen LogP contribution in [0.4, 0.5) is 8.78 Å². The van der Waals surface area contributed by atoms with Crippen LogP contribution in [-0.2, 0) is 4.79 Å². The second kappa shape index (κ2) is 6.84. The molecule has 0 aromatic heterocycles. The minimum atomic E-state index is -2.69. The Bertz CT molecular complexity index is 307. The molecule has 1 amide bonds. The number of amides is 1. The van der Waals surface area contributed by atoms with Gasteiger partial charge in [-0.25, -0.2) is 8.78 Å². The number of carbonyl (C=O) groups excluding carboxylic acids is 1. The molecule has 2 fully saturated rings. The third-order valence-electron chi connectivity index (χ3n) is 4.10. The normalized spacial score (nSPS) is 30.6. The van der Waals surface area contributed by atoms with Crippen LogP contribution >= 0.6 is 12.4 Å². The fourth-order valence-electron chi connectivity index (χ4n) is 2.95. The van der Waals surface area contributed by atoms with Crippen molar-refractivity contribution in [2.75, 3.05) is 13.1 Å². The van der Waals surface area contributed by atoms with Gasteiger partial charge < -0.3 is 10.6 Å². The first-order chi connectivity index (χ1) is 8.46. The molecule has 0 unspecified atom stereocenters. The van der Waals surface area contributed by atoms with E-state index in [0.717, 1.165) is 25.7 Å². The molecule has 2 rings (SSSR count). The van der Waals surface area contributed by atoms with Crippen LogP contribution in [0.5, 0.6) is 0 Å². The van der Waals surface area contributed by atoms with E-state index in [0.29, 0.717) is 25.3 Å². The van der Waals surface area contributed by atoms with Crippen LogP contribution in [0.2, 0.25) is 0 Å². The summed E-state index contributed by atoms with van der Waals surface area (Å²) in [5, 5.41) is 0. The van der Waals surface area contributed by atoms with E-state index < -0.39 is 12.5 Å². The lowest BCUT2D eigenvalue weighted by Gasteiger charge is -2.34. The second-order valence-corrected chi connectivity index (χ2v) is 5.76. The van der Waals surface area contributed by atoms with Gasteiger partial charge in [0.15, 0.2) is 0 Å². The maximum atomic E-state index is 13.2. The highest BCUT2D eigenvalue weighted by molar-refractivity contribution is 5.85. The molecule has 0 atom stereocenters. The SMILES string of the molecule is Cl.NC1CCC(CC(=O)N2CCCC(F)(F)C2)CC1. The van der Waals surface area contributed by atoms with E-state index in [1.807, 2.05) is 0 Å². The molecule has 0 bridgehead atoms. The highest BCUT2D eigenvalue weighted by Crippen LogP contribution is 2.30. The Morgan fingerprint density at radius 2 is 1.89 bits per heavy atom. The first-order valence-corrected chi connectivity index (χ1v) is 6.87. The number of alkyl halides is 2. The topological polar surface area (TPSA) is 46.3 Å². The minimum absolute atomic E-state index is 0. The summed E-state index contributed by atoms with van der Waals surface area (Å²) in [6.07, 6.45) is 4.56. The number of carbonyl (C=O) groups is 1. The third-order valence-corrected chi connectivity index (χ3v) is 4.10. The zero-order valence-corrected chi connectivity index (χ0v) is 11.9. The highest BCUT2D eigenvalue weighted by atomic mass is 35.5. The van der Waals surface area contributed by atoms with E-state index in [-0.39, 0.29) is 30.8 Å². The van der Waals surface area contributed by atoms with Gasteiger partial charge in [-0.15, -0.1) is 12.4 Å². The first kappa shape index (κ1) is 16.6. The minimum Gasteiger partial charge on any atom is -0.337 e. The van der Waals surface area contributed by atoms with Crippen molar-refractivity contribution in [2.24, 2.45) is 11.7 Å². The molecule has 0 aromatic carbocycles. The molecule has 2 N–H and O–H groups in total. The predicted molar refractivity (Wildman–Crippen MR) is 72.6 cm³/mol. The quantitative estimate of drug-likeness (QED) is 0.851. The van der Waals surface area contributed by atoms with Crippen LogP contribution < -0.4 is 5.73 Å². The molecule has 19 heavy (non-hydrogen) atoms. The van der Waals surface area contributed by atoms with E-state index >= 15 is 0 Å². The van der Waals surface area contributed by atoms with Crippen LogP contribution in [0.1, 0.15) is 44.9 Å². The Hall–Kier alpha value is -0.420. The zero-order chi connectivity index (χ0) is 13.2. The number of nitrogens with zero attached hydrogens (tertiary/aromatic N) is 1. The summed E-state index contributed by atoms with van der Waals surface area (Å²) in [5.74, 6) is -2.45. The number of hydrogen-bond acceptors (Lipinski definition) is 2. The van der Waals surface area contributed by atoms with Crippen LogP contribution in [-0.4, -0.2) is 35.9 Å². The molecule has 112 valence electrons. The van der Waals surface area contributed by atoms with Crippen molar-refractivity contribution in [1.29, 1.82) is 0 Å². The van der Waals surface area contributed by atoms with Crippen molar-refractivity contribution in [3.05, 3.63) is 0 Å². The molecule has 1 saturated heterocycles. The van der Waals surface area contributed by atoms with Gasteiger partial charge in [0.25, 0.3) is 5.92 Å². The fourth-order valence-corrected chi connectivity index (χ4v) is 2.95. The number of piperidine rings is 1. The molecule has 0 radical (unpaired) electrons. The zero-order valence-electron chi connectivity index (χ0n) is 11.1. The van der Waals surface area contributed by atoms with Gasteiger partial charge in [-0.3, -0.25) is 4.79 Å². The summed E-state index contributed by atoms with van der Waals surface area (Å²) in [6, 6.07) is 0.260. The predicted octanol–water partition coefficient (Wildman–Crippen LogP) is 2.57. The molecule has 1 aliphatic carbocycles. The standard InChI is InChI=1S/C13H22F2N2O.ClH/c14-13(15)6-1-7-17(9-13)12(18)8-10-2-4-11(16)5-3-10;/h10-11H,1-9,16H2;1H. The number of nitrogens with two attached hydrogens (primary N) is 1. The second-order valence-electron chi connectivity index (χ2n) is 5.76. The van der Waals surface area contributed by atoms with Crippen molar-refractivity contribution in [3.8, 4) is 0 Å². The lowest BCUT2D eigenvalue weighted by molar-refractivity contribution is -0.142. The molecule has 6 heteroatoms. The van der Waals surface area contributed by atoms with Crippen LogP contribution in [0.15, 0.2) is 0 Å². The van der Waals surface area contributed by atoms with Gasteiger partial charge in [-0.2, -0.15) is 0 Å². The number of halogens is 3. The van der Waals surface area contributed by atoms with Crippen molar-refractivity contribution in [1.82, 2.24) is 4.90 Å². The van der Waals surface area contributed by atoms with Gasteiger partial charge >= 0.3 is 0 Å². The lowest BCUT2D eigenvalue weighted by atomic mass is 9.84. The van der Waals surface area contributed by atoms with Gasteiger partial charge in [0.1, 0.15) is 0 Å². The van der Waals surface area contributed by atoms with E-state index in [2.05, 4.69) is 0 Å². The van der Waals surface area contributed by atoms with E-state index in [1.54, 1.807) is 0 Å². The molecular formula is C13H23ClF2N2O. The Morgan fingerprint density at radius 3 is 2.47 bits per heavy atom. The third kappa shape index (κ3) is 4.88. The van der Waals surface area contributed by atoms with Crippen LogP contribution in [0.25, 0.3) is 0 Å². The summed E-state index contributed by atoms with van der Waals surface area (Å²) < 4.78 is 26.5. The Morgan fingerprint density at radius 1 is 1.26 bits per heavy atom. The monoisotopic (exact) mass is 296 g/mol. The van der Waals surface area contributed by atoms with Crippen LogP contribution in [0.3, 0.4) is 0 Å². The maximum Gasteiger partial charge on any atom is 0.265 e. The lowest BCUT2D eigenvalue weighted by Crippen LogP contribution is -2.46. The smallest absolute Gasteiger partial charge is 0.265 e. The maximum absolute atomic E-state index is 13.2. The van der Waals surface area contributed by atoms with E-state index in [9.17, 15) is 13.6 Å². The van der Waals surface area contributed by atoms with E-state index in [1.165, 1.54) is 4.90 Å². The van der Waals surface area contributed by atoms with Crippen LogP contribution in [0, 0.1) is 5.92 Å². The largest absolute Gasteiger partial charge is 0.337 e. The molecule has 1 saturated carbocycles. The summed E-state index contributed by atoms with van der Waals surface area (Å²) >= 11 is 0. The number of likely N-dealkylation sites (tertiary alicyclic amines) is 1. The van der Waals surface area contributed by atoms with Crippen molar-refractivity contribution >= 4 is 18.3 Å². The molecule has 1 heterocycles. The van der Waals surface area contributed by atoms with Gasteiger partial charge in [0, 0.05) is 25.4 Å². The van der Waals surface area contributed by atoms with Crippen molar-refractivity contribution in [2.45, 2.75) is 56.9 Å². The fraction of sp³-hybridized carbons (Fsp3) is 0.923. The van der Waals surface area contributed by atoms with Gasteiger partial charge in [0.2, 0.25) is 5.91 Å². The molecular weight excluding hydrogens is 274 g/mol. The van der Waals surface area contributed by atoms with Gasteiger partial charge in [0.05, 0.1) is 6.54 Å². The Balaban J connectivity index is 0.00000180. The molecule has 0 spiro atoms. The van der Waals surface area contributed by atoms with Crippen molar-refractivity contribution in [3.63, 3.8) is 0 Å². The first-order valence-electron chi connectivity index (χ1n) is 6.87. The number of hydrogen-bond donors (Lipinski definition) is 1. The molecule has 1 aliphatic heterocycles. The average Bonchev–Trinajstić information content (AvgIpc) is 2.31. The number of rotatable bonds is 2. The summed E-state index contributed by atoms with van der Waals surface area (Å²) in [7, 11) is 0. The highest BCUT2D eigenvalue weighted by Gasteiger charge is 2.37. The Kier molecular flexibility index (Phi) is 5.99. The summed E-state index contributed by atoms with van der Waals surface area (Å²) in [4.78, 5) is 13.3. The van der Waals surface area contributed by atoms with E-state index in [4.69, 9.17) is 5.73 Å². The average molecular weight is 297 g/mol.